The third kappa shape index (κ3) is 4.44. The van der Waals surface area contributed by atoms with Gasteiger partial charge in [-0.2, -0.15) is 11.8 Å². The molecule has 1 atom stereocenters. The van der Waals surface area contributed by atoms with Crippen molar-refractivity contribution in [3.05, 3.63) is 28.8 Å². The highest BCUT2D eigenvalue weighted by Gasteiger charge is 2.29. The van der Waals surface area contributed by atoms with Gasteiger partial charge in [-0.3, -0.25) is 9.69 Å². The van der Waals surface area contributed by atoms with Crippen molar-refractivity contribution in [1.29, 1.82) is 0 Å². The van der Waals surface area contributed by atoms with Gasteiger partial charge < -0.3 is 14.4 Å². The molecule has 1 aromatic rings. The van der Waals surface area contributed by atoms with Crippen LogP contribution in [0, 0.1) is 0 Å². The summed E-state index contributed by atoms with van der Waals surface area (Å²) in [5, 5.41) is 0. The van der Waals surface area contributed by atoms with Crippen LogP contribution >= 0.6 is 11.8 Å². The van der Waals surface area contributed by atoms with Gasteiger partial charge in [-0.15, -0.1) is 0 Å². The number of nitrogens with zero attached hydrogens (tertiary/aromatic N) is 2. The number of morpholine rings is 1. The topological polar surface area (TPSA) is 42.0 Å². The Hall–Kier alpha value is -1.24. The Bertz CT molecular complexity index is 676. The van der Waals surface area contributed by atoms with Gasteiger partial charge in [-0.25, -0.2) is 0 Å². The number of ether oxygens (including phenoxy) is 2. The predicted molar refractivity (Wildman–Crippen MR) is 109 cm³/mol. The van der Waals surface area contributed by atoms with E-state index in [0.717, 1.165) is 56.5 Å². The lowest BCUT2D eigenvalue weighted by atomic mass is 10.0. The van der Waals surface area contributed by atoms with Gasteiger partial charge >= 0.3 is 0 Å². The fourth-order valence-electron chi connectivity index (χ4n) is 4.41. The Morgan fingerprint density at radius 3 is 2.78 bits per heavy atom. The van der Waals surface area contributed by atoms with E-state index in [-0.39, 0.29) is 11.9 Å². The first kappa shape index (κ1) is 19.1. The molecule has 0 saturated carbocycles. The molecule has 0 spiro atoms. The molecule has 148 valence electrons. The maximum atomic E-state index is 12.8. The van der Waals surface area contributed by atoms with Crippen LogP contribution in [0.5, 0.6) is 5.75 Å². The van der Waals surface area contributed by atoms with Crippen LogP contribution in [0.3, 0.4) is 0 Å². The van der Waals surface area contributed by atoms with Crippen LogP contribution < -0.4 is 4.74 Å². The van der Waals surface area contributed by atoms with Crippen molar-refractivity contribution < 1.29 is 14.3 Å². The monoisotopic (exact) mass is 390 g/mol. The van der Waals surface area contributed by atoms with E-state index in [4.69, 9.17) is 9.47 Å². The van der Waals surface area contributed by atoms with Crippen LogP contribution in [0.2, 0.25) is 0 Å². The van der Waals surface area contributed by atoms with Crippen LogP contribution in [0.25, 0.3) is 0 Å². The predicted octanol–water partition coefficient (Wildman–Crippen LogP) is 2.35. The van der Waals surface area contributed by atoms with Crippen molar-refractivity contribution in [2.45, 2.75) is 38.3 Å². The summed E-state index contributed by atoms with van der Waals surface area (Å²) in [5.74, 6) is 3.38. The van der Waals surface area contributed by atoms with Crippen molar-refractivity contribution in [2.24, 2.45) is 0 Å². The van der Waals surface area contributed by atoms with E-state index in [0.29, 0.717) is 13.0 Å². The van der Waals surface area contributed by atoms with E-state index in [1.807, 2.05) is 16.7 Å². The Kier molecular flexibility index (Phi) is 6.25. The molecule has 2 heterocycles. The van der Waals surface area contributed by atoms with Gasteiger partial charge in [0.25, 0.3) is 0 Å². The third-order valence-electron chi connectivity index (χ3n) is 5.99. The molecule has 0 aromatic heterocycles. The number of methoxy groups -OCH3 is 1. The van der Waals surface area contributed by atoms with E-state index in [1.54, 1.807) is 7.11 Å². The second-order valence-corrected chi connectivity index (χ2v) is 8.91. The van der Waals surface area contributed by atoms with Crippen molar-refractivity contribution >= 4 is 17.7 Å². The lowest BCUT2D eigenvalue weighted by Gasteiger charge is -2.37. The number of benzene rings is 1. The maximum Gasteiger partial charge on any atom is 0.224 e. The molecule has 2 aliphatic heterocycles. The number of thioether (sulfide) groups is 1. The molecule has 0 bridgehead atoms. The molecule has 1 aliphatic carbocycles. The minimum Gasteiger partial charge on any atom is -0.496 e. The summed E-state index contributed by atoms with van der Waals surface area (Å²) in [6, 6.07) is 4.71. The van der Waals surface area contributed by atoms with Crippen LogP contribution in [0.4, 0.5) is 0 Å². The molecule has 0 unspecified atom stereocenters. The first-order chi connectivity index (χ1) is 13.2. The molecule has 1 amide bonds. The molecule has 0 radical (unpaired) electrons. The number of hydrogen-bond donors (Lipinski definition) is 0. The summed E-state index contributed by atoms with van der Waals surface area (Å²) in [6.07, 6.45) is 4.13. The Balaban J connectivity index is 1.45. The maximum absolute atomic E-state index is 12.8. The van der Waals surface area contributed by atoms with Crippen molar-refractivity contribution in [1.82, 2.24) is 9.80 Å². The number of rotatable bonds is 5. The fraction of sp³-hybridized carbons (Fsp3) is 0.667. The van der Waals surface area contributed by atoms with E-state index < -0.39 is 0 Å². The van der Waals surface area contributed by atoms with Gasteiger partial charge in [0, 0.05) is 55.7 Å². The summed E-state index contributed by atoms with van der Waals surface area (Å²) in [6.45, 7) is 4.84. The average Bonchev–Trinajstić information content (AvgIpc) is 3.16. The fourth-order valence-corrected chi connectivity index (χ4v) is 5.32. The number of amides is 1. The molecule has 27 heavy (non-hydrogen) atoms. The molecule has 2 saturated heterocycles. The number of fused-ring (bicyclic) bond motifs is 1. The summed E-state index contributed by atoms with van der Waals surface area (Å²) in [4.78, 5) is 17.2. The zero-order valence-electron chi connectivity index (χ0n) is 16.2. The normalized spacial score (nSPS) is 23.3. The summed E-state index contributed by atoms with van der Waals surface area (Å²) in [5.41, 5.74) is 4.15. The lowest BCUT2D eigenvalue weighted by molar-refractivity contribution is -0.134. The highest BCUT2D eigenvalue weighted by atomic mass is 32.2. The van der Waals surface area contributed by atoms with E-state index >= 15 is 0 Å². The van der Waals surface area contributed by atoms with Gasteiger partial charge in [0.1, 0.15) is 5.75 Å². The third-order valence-corrected chi connectivity index (χ3v) is 6.93. The number of carbonyl (C=O) groups excluding carboxylic acids is 1. The molecule has 1 aromatic carbocycles. The number of hydrogen-bond acceptors (Lipinski definition) is 5. The van der Waals surface area contributed by atoms with Crippen LogP contribution in [-0.2, 0) is 28.9 Å². The van der Waals surface area contributed by atoms with Gasteiger partial charge in [-0.1, -0.05) is 6.07 Å². The molecule has 4 rings (SSSR count). The average molecular weight is 391 g/mol. The van der Waals surface area contributed by atoms with Crippen molar-refractivity contribution in [3.63, 3.8) is 0 Å². The molecule has 5 nitrogen and oxygen atoms in total. The second kappa shape index (κ2) is 8.84. The van der Waals surface area contributed by atoms with E-state index in [1.165, 1.54) is 29.5 Å². The first-order valence-corrected chi connectivity index (χ1v) is 11.3. The molecule has 0 N–H and O–H groups in total. The SMILES string of the molecule is COc1cc2c(cc1CN1CCOC[C@@H]1CC(=O)N1CCSCC1)CCC2. The summed E-state index contributed by atoms with van der Waals surface area (Å²) in [7, 11) is 1.76. The van der Waals surface area contributed by atoms with Crippen LogP contribution in [0.1, 0.15) is 29.5 Å². The van der Waals surface area contributed by atoms with E-state index in [2.05, 4.69) is 17.0 Å². The number of aryl methyl sites for hydroxylation is 2. The smallest absolute Gasteiger partial charge is 0.224 e. The molecule has 3 aliphatic rings. The number of carbonyl (C=O) groups is 1. The van der Waals surface area contributed by atoms with Crippen molar-refractivity contribution in [3.8, 4) is 5.75 Å². The summed E-state index contributed by atoms with van der Waals surface area (Å²) < 4.78 is 11.4. The molecular formula is C21H30N2O3S. The minimum absolute atomic E-state index is 0.152. The Morgan fingerprint density at radius 2 is 2.00 bits per heavy atom. The zero-order chi connectivity index (χ0) is 18.6. The van der Waals surface area contributed by atoms with Gasteiger partial charge in [-0.05, 0) is 36.5 Å². The first-order valence-electron chi connectivity index (χ1n) is 10.1. The second-order valence-electron chi connectivity index (χ2n) is 7.68. The quantitative estimate of drug-likeness (QED) is 0.772. The van der Waals surface area contributed by atoms with E-state index in [9.17, 15) is 4.79 Å². The largest absolute Gasteiger partial charge is 0.496 e. The Labute approximate surface area is 166 Å². The van der Waals surface area contributed by atoms with Crippen molar-refractivity contribution in [2.75, 3.05) is 51.5 Å². The molecular weight excluding hydrogens is 360 g/mol. The highest BCUT2D eigenvalue weighted by Crippen LogP contribution is 2.31. The molecule has 6 heteroatoms. The van der Waals surface area contributed by atoms with Gasteiger partial charge in [0.05, 0.1) is 20.3 Å². The van der Waals surface area contributed by atoms with Crippen LogP contribution in [0.15, 0.2) is 12.1 Å². The minimum atomic E-state index is 0.152. The standard InChI is InChI=1S/C21H30N2O3S/c1-25-20-12-17-4-2-3-16(17)11-18(20)14-23-5-8-26-15-19(23)13-21(24)22-6-9-27-10-7-22/h11-12,19H,2-10,13-15H2,1H3/t19-/m0/s1. The lowest BCUT2D eigenvalue weighted by Crippen LogP contribution is -2.48. The summed E-state index contributed by atoms with van der Waals surface area (Å²) >= 11 is 1.94. The highest BCUT2D eigenvalue weighted by molar-refractivity contribution is 7.99. The van der Waals surface area contributed by atoms with Gasteiger partial charge in [0.15, 0.2) is 0 Å². The molecule has 2 fully saturated rings. The zero-order valence-corrected chi connectivity index (χ0v) is 17.1. The van der Waals surface area contributed by atoms with Crippen LogP contribution in [-0.4, -0.2) is 73.2 Å². The van der Waals surface area contributed by atoms with Gasteiger partial charge in [0.2, 0.25) is 5.91 Å². The Morgan fingerprint density at radius 1 is 1.22 bits per heavy atom.